The molecule has 15 heteroatoms. The summed E-state index contributed by atoms with van der Waals surface area (Å²) in [6.45, 7) is 0.0923. The third-order valence-corrected chi connectivity index (χ3v) is 6.54. The lowest BCUT2D eigenvalue weighted by molar-refractivity contribution is -0.153. The van der Waals surface area contributed by atoms with E-state index in [-0.39, 0.29) is 54.3 Å². The number of pyridine rings is 1. The molecule has 0 spiro atoms. The number of aromatic nitrogens is 3. The maximum Gasteiger partial charge on any atom is 0.508 e. The van der Waals surface area contributed by atoms with Crippen LogP contribution in [-0.2, 0) is 31.1 Å². The highest BCUT2D eigenvalue weighted by atomic mass is 32.2. The van der Waals surface area contributed by atoms with Crippen LogP contribution in [0.2, 0.25) is 0 Å². The Labute approximate surface area is 225 Å². The van der Waals surface area contributed by atoms with Crippen molar-refractivity contribution < 1.29 is 46.3 Å². The second kappa shape index (κ2) is 13.5. The Morgan fingerprint density at radius 3 is 2.56 bits per heavy atom. The fourth-order valence-electron chi connectivity index (χ4n) is 3.33. The van der Waals surface area contributed by atoms with Crippen LogP contribution in [0.1, 0.15) is 11.3 Å². The lowest BCUT2D eigenvalue weighted by Crippen LogP contribution is -2.35. The largest absolute Gasteiger partial charge is 0.609 e. The normalized spacial score (nSPS) is 12.3. The highest BCUT2D eigenvalue weighted by Crippen LogP contribution is 2.27. The van der Waals surface area contributed by atoms with Crippen molar-refractivity contribution in [3.05, 3.63) is 47.8 Å². The lowest BCUT2D eigenvalue weighted by atomic mass is 10.2. The Morgan fingerprint density at radius 2 is 1.85 bits per heavy atom. The number of amides is 1. The summed E-state index contributed by atoms with van der Waals surface area (Å²) >= 11 is -1.93. The second-order valence-corrected chi connectivity index (χ2v) is 9.48. The molecule has 0 saturated carbocycles. The highest BCUT2D eigenvalue weighted by Gasteiger charge is 2.31. The van der Waals surface area contributed by atoms with Crippen molar-refractivity contribution in [2.45, 2.75) is 24.0 Å². The summed E-state index contributed by atoms with van der Waals surface area (Å²) in [6.07, 6.45) is -4.18. The summed E-state index contributed by atoms with van der Waals surface area (Å²) in [5.74, 6) is -0.273. The van der Waals surface area contributed by atoms with E-state index in [1.54, 1.807) is 24.3 Å². The van der Waals surface area contributed by atoms with E-state index in [0.717, 1.165) is 0 Å². The molecule has 1 atom stereocenters. The van der Waals surface area contributed by atoms with Gasteiger partial charge in [-0.2, -0.15) is 18.2 Å². The number of likely N-dealkylation sites (N-methyl/N-ethyl adjacent to an activating group) is 1. The fraction of sp³-hybridized carbons (Fsp3) is 0.417. The average Bonchev–Trinajstić information content (AvgIpc) is 3.28. The summed E-state index contributed by atoms with van der Waals surface area (Å²) in [5.41, 5.74) is 1.32. The van der Waals surface area contributed by atoms with E-state index in [1.165, 1.54) is 42.8 Å². The van der Waals surface area contributed by atoms with Crippen molar-refractivity contribution in [3.8, 4) is 5.75 Å². The molecule has 0 aliphatic carbocycles. The first-order chi connectivity index (χ1) is 18.5. The minimum absolute atomic E-state index is 0.00392. The summed E-state index contributed by atoms with van der Waals surface area (Å²) in [5, 5.41) is -0.0734. The molecule has 0 bridgehead atoms. The van der Waals surface area contributed by atoms with E-state index in [9.17, 15) is 27.3 Å². The average molecular weight is 573 g/mol. The predicted molar refractivity (Wildman–Crippen MR) is 133 cm³/mol. The van der Waals surface area contributed by atoms with E-state index in [1.807, 2.05) is 0 Å². The molecule has 1 unspecified atom stereocenters. The van der Waals surface area contributed by atoms with Crippen molar-refractivity contribution >= 4 is 34.4 Å². The Kier molecular flexibility index (Phi) is 10.4. The van der Waals surface area contributed by atoms with Crippen LogP contribution >= 0.6 is 0 Å². The molecule has 2 aromatic heterocycles. The lowest BCUT2D eigenvalue weighted by Gasteiger charge is -2.19. The van der Waals surface area contributed by atoms with E-state index in [0.29, 0.717) is 11.0 Å². The molecule has 0 aliphatic heterocycles. The van der Waals surface area contributed by atoms with Gasteiger partial charge in [0.1, 0.15) is 19.0 Å². The van der Waals surface area contributed by atoms with E-state index < -0.39 is 36.1 Å². The molecule has 0 radical (unpaired) electrons. The minimum atomic E-state index is -4.52. The maximum absolute atomic E-state index is 13.4. The van der Waals surface area contributed by atoms with Crippen molar-refractivity contribution in [2.75, 3.05) is 47.1 Å². The Hall–Kier alpha value is -3.56. The van der Waals surface area contributed by atoms with Gasteiger partial charge >= 0.3 is 23.5 Å². The molecule has 0 saturated heterocycles. The minimum Gasteiger partial charge on any atom is -0.609 e. The molecule has 1 amide bonds. The number of alkyl halides is 3. The molecule has 3 aromatic rings. The van der Waals surface area contributed by atoms with Crippen LogP contribution in [0.4, 0.5) is 22.8 Å². The molecule has 0 fully saturated rings. The molecule has 11 nitrogen and oxygen atoms in total. The van der Waals surface area contributed by atoms with Gasteiger partial charge in [-0.15, -0.1) is 0 Å². The molecule has 1 aromatic carbocycles. The zero-order valence-corrected chi connectivity index (χ0v) is 22.2. The number of carbonyl (C=O) groups is 2. The summed E-state index contributed by atoms with van der Waals surface area (Å²) in [7, 11) is 2.93. The van der Waals surface area contributed by atoms with Gasteiger partial charge in [-0.25, -0.2) is 14.2 Å². The predicted octanol–water partition coefficient (Wildman–Crippen LogP) is 3.69. The van der Waals surface area contributed by atoms with Gasteiger partial charge in [-0.1, -0.05) is 12.1 Å². The topological polar surface area (TPSA) is 128 Å². The molecule has 3 rings (SSSR count). The Bertz CT molecular complexity index is 1290. The van der Waals surface area contributed by atoms with Gasteiger partial charge in [0.05, 0.1) is 29.9 Å². The molecule has 0 aliphatic rings. The first kappa shape index (κ1) is 30.0. The maximum atomic E-state index is 13.4. The molecular weight excluding hydrogens is 545 g/mol. The number of imidazole rings is 1. The number of fused-ring (bicyclic) bond motifs is 1. The molecule has 39 heavy (non-hydrogen) atoms. The second-order valence-electron chi connectivity index (χ2n) is 8.14. The third kappa shape index (κ3) is 8.21. The zero-order valence-electron chi connectivity index (χ0n) is 21.4. The van der Waals surface area contributed by atoms with Gasteiger partial charge in [-0.3, -0.25) is 4.98 Å². The SMILES string of the molecule is COCCOC(=O)OCCN(C)C(=O)n1c([S+]([O-])Cc2nccc(OCC(F)(F)F)c2C)nc2ccccc21. The zero-order chi connectivity index (χ0) is 28.6. The number of methoxy groups -OCH3 is 1. The molecule has 212 valence electrons. The van der Waals surface area contributed by atoms with Crippen LogP contribution in [0, 0.1) is 6.92 Å². The molecule has 2 heterocycles. The van der Waals surface area contributed by atoms with Gasteiger partial charge in [-0.05, 0) is 25.1 Å². The van der Waals surface area contributed by atoms with Crippen LogP contribution < -0.4 is 4.74 Å². The van der Waals surface area contributed by atoms with Crippen LogP contribution in [0.5, 0.6) is 5.75 Å². The van der Waals surface area contributed by atoms with Gasteiger partial charge in [0.2, 0.25) is 0 Å². The molecule has 0 N–H and O–H groups in total. The fourth-order valence-corrected chi connectivity index (χ4v) is 4.58. The van der Waals surface area contributed by atoms with Crippen molar-refractivity contribution in [1.82, 2.24) is 19.4 Å². The quantitative estimate of drug-likeness (QED) is 0.192. The van der Waals surface area contributed by atoms with E-state index in [2.05, 4.69) is 9.97 Å². The number of hydrogen-bond donors (Lipinski definition) is 0. The monoisotopic (exact) mass is 572 g/mol. The number of para-hydroxylation sites is 2. The number of nitrogens with zero attached hydrogens (tertiary/aromatic N) is 4. The summed E-state index contributed by atoms with van der Waals surface area (Å²) in [6, 6.07) is 7.37. The van der Waals surface area contributed by atoms with Crippen molar-refractivity contribution in [3.63, 3.8) is 0 Å². The number of halogens is 3. The van der Waals surface area contributed by atoms with Crippen LogP contribution in [0.25, 0.3) is 11.0 Å². The first-order valence-electron chi connectivity index (χ1n) is 11.6. The summed E-state index contributed by atoms with van der Waals surface area (Å²) in [4.78, 5) is 34.7. The van der Waals surface area contributed by atoms with Gasteiger partial charge in [0, 0.05) is 37.1 Å². The Balaban J connectivity index is 1.77. The Morgan fingerprint density at radius 1 is 1.13 bits per heavy atom. The number of benzene rings is 1. The van der Waals surface area contributed by atoms with Gasteiger partial charge in [0.15, 0.2) is 12.4 Å². The standard InChI is InChI=1S/C24H27F3N4O7S/c1-16-18(28-9-8-20(16)38-15-24(25,26)27)14-39(34)21-29-17-6-4-5-7-19(17)31(21)22(32)30(2)10-11-36-23(33)37-13-12-35-3/h4-9H,10-15H2,1-3H3. The van der Waals surface area contributed by atoms with Crippen LogP contribution in [-0.4, -0.2) is 89.5 Å². The van der Waals surface area contributed by atoms with Gasteiger partial charge < -0.3 is 28.4 Å². The highest BCUT2D eigenvalue weighted by molar-refractivity contribution is 7.90. The number of carbonyl (C=O) groups excluding carboxylic acids is 2. The molecular formula is C24H27F3N4O7S. The van der Waals surface area contributed by atoms with Crippen molar-refractivity contribution in [2.24, 2.45) is 0 Å². The number of rotatable bonds is 11. The van der Waals surface area contributed by atoms with E-state index >= 15 is 0 Å². The van der Waals surface area contributed by atoms with Crippen LogP contribution in [0.15, 0.2) is 41.7 Å². The number of hydrogen-bond acceptors (Lipinski definition) is 9. The number of ether oxygens (including phenoxy) is 4. The van der Waals surface area contributed by atoms with Gasteiger partial charge in [0.25, 0.3) is 0 Å². The van der Waals surface area contributed by atoms with Crippen molar-refractivity contribution in [1.29, 1.82) is 0 Å². The summed E-state index contributed by atoms with van der Waals surface area (Å²) < 4.78 is 71.8. The first-order valence-corrected chi connectivity index (χ1v) is 12.9. The van der Waals surface area contributed by atoms with Crippen LogP contribution in [0.3, 0.4) is 0 Å². The smallest absolute Gasteiger partial charge is 0.508 e. The van der Waals surface area contributed by atoms with E-state index in [4.69, 9.17) is 18.9 Å². The third-order valence-electron chi connectivity index (χ3n) is 5.32.